The van der Waals surface area contributed by atoms with Crippen LogP contribution in [-0.4, -0.2) is 37.4 Å². The molecule has 0 bridgehead atoms. The average molecular weight is 306 g/mol. The van der Waals surface area contributed by atoms with Crippen molar-refractivity contribution in [2.45, 2.75) is 19.9 Å². The van der Waals surface area contributed by atoms with Crippen LogP contribution in [0, 0.1) is 0 Å². The number of nitrogens with zero attached hydrogens (tertiary/aromatic N) is 1. The van der Waals surface area contributed by atoms with Crippen molar-refractivity contribution < 1.29 is 23.9 Å². The van der Waals surface area contributed by atoms with Gasteiger partial charge in [-0.05, 0) is 12.5 Å². The number of esters is 1. The summed E-state index contributed by atoms with van der Waals surface area (Å²) in [6.07, 6.45) is -1.09. The van der Waals surface area contributed by atoms with Gasteiger partial charge < -0.3 is 9.47 Å². The largest absolute Gasteiger partial charge is 0.463 e. The van der Waals surface area contributed by atoms with E-state index in [1.807, 2.05) is 30.3 Å². The summed E-state index contributed by atoms with van der Waals surface area (Å²) in [4.78, 5) is 38.3. The number of methoxy groups -OCH3 is 1. The SMILES string of the molecule is CCOC(=O)NC(CC(=O)C(=O)OC)=NCc1ccccc1. The fourth-order valence-electron chi connectivity index (χ4n) is 1.53. The molecule has 0 heterocycles. The standard InChI is InChI=1S/C15H18N2O5/c1-3-22-15(20)17-13(9-12(18)14(19)21-2)16-10-11-7-5-4-6-8-11/h4-8H,3,9-10H2,1-2H3,(H,16,17,20). The average Bonchev–Trinajstić information content (AvgIpc) is 2.52. The maximum absolute atomic E-state index is 11.6. The first-order valence-electron chi connectivity index (χ1n) is 6.69. The number of rotatable bonds is 6. The second-order valence-electron chi connectivity index (χ2n) is 4.19. The molecule has 1 N–H and O–H groups in total. The fraction of sp³-hybridized carbons (Fsp3) is 0.333. The topological polar surface area (TPSA) is 94.1 Å². The minimum atomic E-state index is -0.988. The lowest BCUT2D eigenvalue weighted by Gasteiger charge is -2.08. The van der Waals surface area contributed by atoms with Gasteiger partial charge in [0, 0.05) is 0 Å². The lowest BCUT2D eigenvalue weighted by molar-refractivity contribution is -0.151. The summed E-state index contributed by atoms with van der Waals surface area (Å²) < 4.78 is 9.08. The summed E-state index contributed by atoms with van der Waals surface area (Å²) in [5.74, 6) is -1.73. The number of amidine groups is 1. The third-order valence-electron chi connectivity index (χ3n) is 2.56. The van der Waals surface area contributed by atoms with Crippen LogP contribution in [0.4, 0.5) is 4.79 Å². The van der Waals surface area contributed by atoms with Crippen LogP contribution in [-0.2, 0) is 25.6 Å². The van der Waals surface area contributed by atoms with E-state index >= 15 is 0 Å². The number of benzene rings is 1. The lowest BCUT2D eigenvalue weighted by atomic mass is 10.2. The smallest absolute Gasteiger partial charge is 0.412 e. The molecule has 0 unspecified atom stereocenters. The Morgan fingerprint density at radius 1 is 1.18 bits per heavy atom. The van der Waals surface area contributed by atoms with Crippen LogP contribution in [0.2, 0.25) is 0 Å². The molecule has 0 spiro atoms. The summed E-state index contributed by atoms with van der Waals surface area (Å²) in [7, 11) is 1.11. The fourth-order valence-corrected chi connectivity index (χ4v) is 1.53. The van der Waals surface area contributed by atoms with Crippen molar-refractivity contribution in [1.82, 2.24) is 5.32 Å². The first-order chi connectivity index (χ1) is 10.6. The maximum atomic E-state index is 11.6. The van der Waals surface area contributed by atoms with Crippen LogP contribution in [0.3, 0.4) is 0 Å². The Hall–Kier alpha value is -2.70. The van der Waals surface area contributed by atoms with Crippen molar-refractivity contribution in [2.75, 3.05) is 13.7 Å². The number of hydrogen-bond donors (Lipinski definition) is 1. The summed E-state index contributed by atoms with van der Waals surface area (Å²) in [6, 6.07) is 9.28. The number of carbonyl (C=O) groups excluding carboxylic acids is 3. The molecule has 0 radical (unpaired) electrons. The molecule has 7 heteroatoms. The van der Waals surface area contributed by atoms with Crippen LogP contribution >= 0.6 is 0 Å². The second-order valence-corrected chi connectivity index (χ2v) is 4.19. The second kappa shape index (κ2) is 9.28. The number of ether oxygens (including phenoxy) is 2. The van der Waals surface area contributed by atoms with Gasteiger partial charge in [0.15, 0.2) is 0 Å². The van der Waals surface area contributed by atoms with Crippen molar-refractivity contribution in [1.29, 1.82) is 0 Å². The maximum Gasteiger partial charge on any atom is 0.412 e. The van der Waals surface area contributed by atoms with Crippen molar-refractivity contribution in [3.8, 4) is 0 Å². The Balaban J connectivity index is 2.78. The van der Waals surface area contributed by atoms with E-state index in [1.54, 1.807) is 6.92 Å². The molecule has 1 aromatic carbocycles. The zero-order chi connectivity index (χ0) is 16.4. The third kappa shape index (κ3) is 6.17. The number of alkyl carbamates (subject to hydrolysis) is 1. The monoisotopic (exact) mass is 306 g/mol. The Morgan fingerprint density at radius 3 is 2.45 bits per heavy atom. The molecule has 118 valence electrons. The van der Waals surface area contributed by atoms with Crippen LogP contribution in [0.25, 0.3) is 0 Å². The molecule has 0 aliphatic rings. The number of ketones is 1. The summed E-state index contributed by atoms with van der Waals surface area (Å²) in [6.45, 7) is 2.10. The van der Waals surface area contributed by atoms with Gasteiger partial charge in [0.1, 0.15) is 5.84 Å². The predicted octanol–water partition coefficient (Wildman–Crippen LogP) is 1.46. The van der Waals surface area contributed by atoms with E-state index in [2.05, 4.69) is 15.0 Å². The van der Waals surface area contributed by atoms with Crippen LogP contribution in [0.15, 0.2) is 35.3 Å². The van der Waals surface area contributed by atoms with Crippen molar-refractivity contribution in [2.24, 2.45) is 4.99 Å². The Morgan fingerprint density at radius 2 is 1.86 bits per heavy atom. The first kappa shape index (κ1) is 17.4. The van der Waals surface area contributed by atoms with Crippen molar-refractivity contribution >= 4 is 23.7 Å². The molecule has 0 atom stereocenters. The van der Waals surface area contributed by atoms with Crippen molar-refractivity contribution in [3.05, 3.63) is 35.9 Å². The minimum Gasteiger partial charge on any atom is -0.463 e. The number of amides is 1. The number of aliphatic imine (C=N–C) groups is 1. The number of Topliss-reactive ketones (excluding diaryl/α,β-unsaturated/α-hetero) is 1. The predicted molar refractivity (Wildman–Crippen MR) is 79.4 cm³/mol. The zero-order valence-corrected chi connectivity index (χ0v) is 12.5. The van der Waals surface area contributed by atoms with Crippen LogP contribution < -0.4 is 5.32 Å². The molecule has 0 aromatic heterocycles. The van der Waals surface area contributed by atoms with Crippen LogP contribution in [0.5, 0.6) is 0 Å². The van der Waals surface area contributed by atoms with Gasteiger partial charge in [-0.25, -0.2) is 9.59 Å². The molecule has 1 amide bonds. The highest BCUT2D eigenvalue weighted by molar-refractivity contribution is 6.37. The van der Waals surface area contributed by atoms with Crippen LogP contribution in [0.1, 0.15) is 18.9 Å². The molecular formula is C15H18N2O5. The van der Waals surface area contributed by atoms with Gasteiger partial charge in [-0.2, -0.15) is 0 Å². The van der Waals surface area contributed by atoms with E-state index in [0.29, 0.717) is 0 Å². The minimum absolute atomic E-state index is 0.0534. The highest BCUT2D eigenvalue weighted by atomic mass is 16.5. The molecule has 0 aliphatic heterocycles. The van der Waals surface area contributed by atoms with Gasteiger partial charge in [0.05, 0.1) is 26.7 Å². The van der Waals surface area contributed by atoms with Gasteiger partial charge in [-0.1, -0.05) is 30.3 Å². The van der Waals surface area contributed by atoms with Gasteiger partial charge in [-0.3, -0.25) is 15.1 Å². The Bertz CT molecular complexity index is 554. The number of carbonyl (C=O) groups is 3. The molecule has 0 saturated heterocycles. The van der Waals surface area contributed by atoms with Gasteiger partial charge in [-0.15, -0.1) is 0 Å². The van der Waals surface area contributed by atoms with Gasteiger partial charge in [0.25, 0.3) is 0 Å². The highest BCUT2D eigenvalue weighted by Gasteiger charge is 2.18. The molecule has 0 saturated carbocycles. The summed E-state index contributed by atoms with van der Waals surface area (Å²) >= 11 is 0. The molecular weight excluding hydrogens is 288 g/mol. The molecule has 22 heavy (non-hydrogen) atoms. The van der Waals surface area contributed by atoms with E-state index in [4.69, 9.17) is 4.74 Å². The quantitative estimate of drug-likeness (QED) is 0.372. The summed E-state index contributed by atoms with van der Waals surface area (Å²) in [5, 5.41) is 2.36. The zero-order valence-electron chi connectivity index (χ0n) is 12.5. The molecule has 0 fully saturated rings. The third-order valence-corrected chi connectivity index (χ3v) is 2.56. The summed E-state index contributed by atoms with van der Waals surface area (Å²) in [5.41, 5.74) is 0.899. The van der Waals surface area contributed by atoms with Crippen molar-refractivity contribution in [3.63, 3.8) is 0 Å². The molecule has 1 aromatic rings. The van der Waals surface area contributed by atoms with E-state index in [1.165, 1.54) is 0 Å². The van der Waals surface area contributed by atoms with Gasteiger partial charge >= 0.3 is 12.1 Å². The Kier molecular flexibility index (Phi) is 7.32. The molecule has 1 rings (SSSR count). The van der Waals surface area contributed by atoms with Gasteiger partial charge in [0.2, 0.25) is 5.78 Å². The Labute approximate surface area is 128 Å². The van der Waals surface area contributed by atoms with E-state index in [-0.39, 0.29) is 25.4 Å². The molecule has 0 aliphatic carbocycles. The number of hydrogen-bond acceptors (Lipinski definition) is 6. The number of nitrogens with one attached hydrogen (secondary N) is 1. The highest BCUT2D eigenvalue weighted by Crippen LogP contribution is 2.01. The normalized spacial score (nSPS) is 10.7. The first-order valence-corrected chi connectivity index (χ1v) is 6.69. The van der Waals surface area contributed by atoms with E-state index in [0.717, 1.165) is 12.7 Å². The lowest BCUT2D eigenvalue weighted by Crippen LogP contribution is -2.34. The van der Waals surface area contributed by atoms with E-state index < -0.39 is 17.8 Å². The molecule has 7 nitrogen and oxygen atoms in total. The van der Waals surface area contributed by atoms with E-state index in [9.17, 15) is 14.4 Å².